The van der Waals surface area contributed by atoms with E-state index in [1.807, 2.05) is 6.92 Å². The Labute approximate surface area is 324 Å². The predicted octanol–water partition coefficient (Wildman–Crippen LogP) is 1.77. The smallest absolute Gasteiger partial charge is 0.146 e. The van der Waals surface area contributed by atoms with Gasteiger partial charge in [-0.05, 0) is 32.6 Å². The van der Waals surface area contributed by atoms with Crippen LogP contribution in [0.1, 0.15) is 32.6 Å². The molecular formula is C37H76O17. The maximum atomic E-state index is 9.06. The SMILES string of the molecule is COCCOCC(COCOCC(CCOCC(CCOCC(CCOCC(C)OCCOC)OCCOC)OCCOC)OCCOC)OCCCO. The summed E-state index contributed by atoms with van der Waals surface area (Å²) >= 11 is 0. The minimum atomic E-state index is -0.287. The summed E-state index contributed by atoms with van der Waals surface area (Å²) in [6, 6.07) is 0. The Morgan fingerprint density at radius 2 is 0.704 bits per heavy atom. The fraction of sp³-hybridized carbons (Fsp3) is 1.00. The van der Waals surface area contributed by atoms with E-state index in [-0.39, 0.29) is 50.5 Å². The molecule has 0 rings (SSSR count). The predicted molar refractivity (Wildman–Crippen MR) is 199 cm³/mol. The van der Waals surface area contributed by atoms with Gasteiger partial charge in [0.25, 0.3) is 0 Å². The summed E-state index contributed by atoms with van der Waals surface area (Å²) in [7, 11) is 8.18. The van der Waals surface area contributed by atoms with Crippen molar-refractivity contribution in [2.75, 3.05) is 181 Å². The van der Waals surface area contributed by atoms with Crippen LogP contribution in [0.15, 0.2) is 0 Å². The summed E-state index contributed by atoms with van der Waals surface area (Å²) in [5.41, 5.74) is 0. The molecule has 0 spiro atoms. The van der Waals surface area contributed by atoms with Crippen LogP contribution >= 0.6 is 0 Å². The topological polar surface area (TPSA) is 168 Å². The first-order valence-electron chi connectivity index (χ1n) is 19.1. The van der Waals surface area contributed by atoms with Crippen molar-refractivity contribution in [3.8, 4) is 0 Å². The Kier molecular flexibility index (Phi) is 42.9. The largest absolute Gasteiger partial charge is 0.396 e. The van der Waals surface area contributed by atoms with Gasteiger partial charge in [0.15, 0.2) is 0 Å². The van der Waals surface area contributed by atoms with Gasteiger partial charge in [-0.3, -0.25) is 0 Å². The molecule has 0 bridgehead atoms. The molecule has 0 aromatic heterocycles. The molecular weight excluding hydrogens is 716 g/mol. The van der Waals surface area contributed by atoms with Gasteiger partial charge in [-0.25, -0.2) is 0 Å². The lowest BCUT2D eigenvalue weighted by Gasteiger charge is -2.22. The lowest BCUT2D eigenvalue weighted by molar-refractivity contribution is -0.130. The first-order valence-corrected chi connectivity index (χ1v) is 19.1. The van der Waals surface area contributed by atoms with Crippen LogP contribution in [0.3, 0.4) is 0 Å². The minimum Gasteiger partial charge on any atom is -0.396 e. The highest BCUT2D eigenvalue weighted by molar-refractivity contribution is 4.63. The molecule has 0 aliphatic rings. The number of ether oxygens (including phenoxy) is 16. The monoisotopic (exact) mass is 793 g/mol. The number of aliphatic hydroxyl groups is 1. The molecule has 0 saturated carbocycles. The lowest BCUT2D eigenvalue weighted by atomic mass is 10.2. The molecule has 54 heavy (non-hydrogen) atoms. The van der Waals surface area contributed by atoms with E-state index in [0.29, 0.717) is 151 Å². The third-order valence-electron chi connectivity index (χ3n) is 7.49. The van der Waals surface area contributed by atoms with Crippen molar-refractivity contribution in [2.45, 2.75) is 63.1 Å². The first-order chi connectivity index (χ1) is 26.5. The van der Waals surface area contributed by atoms with E-state index in [9.17, 15) is 0 Å². The Hall–Kier alpha value is -0.680. The van der Waals surface area contributed by atoms with Crippen molar-refractivity contribution in [2.24, 2.45) is 0 Å². The summed E-state index contributed by atoms with van der Waals surface area (Å²) in [5, 5.41) is 9.06. The van der Waals surface area contributed by atoms with Gasteiger partial charge in [-0.2, -0.15) is 0 Å². The fourth-order valence-corrected chi connectivity index (χ4v) is 4.48. The summed E-state index contributed by atoms with van der Waals surface area (Å²) in [4.78, 5) is 0. The standard InChI is InChI=1S/C37H76O17/c1-33(50-22-17-40-3)26-44-13-8-34(52-23-18-41-4)27-45-14-9-35(53-24-19-42-5)28-46-15-10-36(54-25-20-43-6)29-48-32-49-31-37(51-12-7-11-38)30-47-21-16-39-2/h33-38H,7-32H2,1-6H3. The van der Waals surface area contributed by atoms with Gasteiger partial charge < -0.3 is 80.9 Å². The molecule has 1 N–H and O–H groups in total. The van der Waals surface area contributed by atoms with E-state index in [2.05, 4.69) is 0 Å². The molecule has 5 unspecified atom stereocenters. The van der Waals surface area contributed by atoms with E-state index in [1.54, 1.807) is 35.5 Å². The number of hydrogen-bond acceptors (Lipinski definition) is 17. The third kappa shape index (κ3) is 36.9. The van der Waals surface area contributed by atoms with E-state index < -0.39 is 0 Å². The first kappa shape index (κ1) is 53.3. The molecule has 326 valence electrons. The average molecular weight is 793 g/mol. The summed E-state index contributed by atoms with van der Waals surface area (Å²) in [5.74, 6) is 0. The molecule has 0 aliphatic carbocycles. The second-order valence-electron chi connectivity index (χ2n) is 12.2. The highest BCUT2D eigenvalue weighted by atomic mass is 16.7. The summed E-state index contributed by atoms with van der Waals surface area (Å²) in [6.45, 7) is 11.0. The summed E-state index contributed by atoms with van der Waals surface area (Å²) in [6.07, 6.45) is 1.61. The molecule has 0 aromatic carbocycles. The van der Waals surface area contributed by atoms with Crippen molar-refractivity contribution < 1.29 is 80.9 Å². The zero-order chi connectivity index (χ0) is 39.6. The number of aliphatic hydroxyl groups excluding tert-OH is 1. The van der Waals surface area contributed by atoms with Crippen LogP contribution in [-0.4, -0.2) is 217 Å². The maximum Gasteiger partial charge on any atom is 0.146 e. The van der Waals surface area contributed by atoms with E-state index in [4.69, 9.17) is 80.9 Å². The molecule has 0 heterocycles. The lowest BCUT2D eigenvalue weighted by Crippen LogP contribution is -2.29. The molecule has 0 aliphatic heterocycles. The Balaban J connectivity index is 4.70. The maximum absolute atomic E-state index is 9.06. The Bertz CT molecular complexity index is 713. The molecule has 0 radical (unpaired) electrons. The van der Waals surface area contributed by atoms with Crippen molar-refractivity contribution in [1.82, 2.24) is 0 Å². The van der Waals surface area contributed by atoms with Crippen LogP contribution in [-0.2, 0) is 75.8 Å². The van der Waals surface area contributed by atoms with Gasteiger partial charge in [0.1, 0.15) is 12.9 Å². The quantitative estimate of drug-likeness (QED) is 0.0699. The Morgan fingerprint density at radius 3 is 1.17 bits per heavy atom. The number of methoxy groups -OCH3 is 5. The minimum absolute atomic E-state index is 0.0190. The second kappa shape index (κ2) is 43.4. The van der Waals surface area contributed by atoms with Crippen molar-refractivity contribution >= 4 is 0 Å². The van der Waals surface area contributed by atoms with Gasteiger partial charge in [-0.1, -0.05) is 0 Å². The third-order valence-corrected chi connectivity index (χ3v) is 7.49. The van der Waals surface area contributed by atoms with Crippen LogP contribution in [0.25, 0.3) is 0 Å². The van der Waals surface area contributed by atoms with Gasteiger partial charge in [0.05, 0.1) is 130 Å². The van der Waals surface area contributed by atoms with Crippen molar-refractivity contribution in [3.63, 3.8) is 0 Å². The van der Waals surface area contributed by atoms with Gasteiger partial charge in [0, 0.05) is 68.6 Å². The van der Waals surface area contributed by atoms with Gasteiger partial charge in [0.2, 0.25) is 0 Å². The Morgan fingerprint density at radius 1 is 0.352 bits per heavy atom. The number of hydrogen-bond donors (Lipinski definition) is 1. The molecule has 17 heteroatoms. The average Bonchev–Trinajstić information content (AvgIpc) is 3.17. The molecule has 0 fully saturated rings. The van der Waals surface area contributed by atoms with E-state index in [1.165, 1.54) is 0 Å². The zero-order valence-electron chi connectivity index (χ0n) is 34.3. The summed E-state index contributed by atoms with van der Waals surface area (Å²) < 4.78 is 89.8. The van der Waals surface area contributed by atoms with Crippen LogP contribution in [0.5, 0.6) is 0 Å². The zero-order valence-corrected chi connectivity index (χ0v) is 34.3. The number of rotatable bonds is 46. The second-order valence-corrected chi connectivity index (χ2v) is 12.2. The fourth-order valence-electron chi connectivity index (χ4n) is 4.48. The highest BCUT2D eigenvalue weighted by Gasteiger charge is 2.16. The van der Waals surface area contributed by atoms with Gasteiger partial charge in [-0.15, -0.1) is 0 Å². The van der Waals surface area contributed by atoms with Crippen LogP contribution in [0.4, 0.5) is 0 Å². The van der Waals surface area contributed by atoms with Gasteiger partial charge >= 0.3 is 0 Å². The molecule has 5 atom stereocenters. The van der Waals surface area contributed by atoms with E-state index >= 15 is 0 Å². The molecule has 0 saturated heterocycles. The molecule has 0 aromatic rings. The molecule has 0 amide bonds. The van der Waals surface area contributed by atoms with Crippen LogP contribution in [0.2, 0.25) is 0 Å². The highest BCUT2D eigenvalue weighted by Crippen LogP contribution is 2.08. The van der Waals surface area contributed by atoms with Crippen LogP contribution in [0, 0.1) is 0 Å². The van der Waals surface area contributed by atoms with Crippen LogP contribution < -0.4 is 0 Å². The van der Waals surface area contributed by atoms with Crippen molar-refractivity contribution in [1.29, 1.82) is 0 Å². The molecule has 17 nitrogen and oxygen atoms in total. The van der Waals surface area contributed by atoms with Crippen molar-refractivity contribution in [3.05, 3.63) is 0 Å². The normalized spacial score (nSPS) is 14.7. The van der Waals surface area contributed by atoms with E-state index in [0.717, 1.165) is 0 Å².